The first-order chi connectivity index (χ1) is 28.7. The van der Waals surface area contributed by atoms with E-state index in [1.165, 1.54) is 28.6 Å². The lowest BCUT2D eigenvalue weighted by Crippen LogP contribution is -2.51. The van der Waals surface area contributed by atoms with Crippen molar-refractivity contribution in [3.63, 3.8) is 0 Å². The van der Waals surface area contributed by atoms with Crippen LogP contribution in [0, 0.1) is 5.92 Å². The molecule has 0 radical (unpaired) electrons. The highest BCUT2D eigenvalue weighted by Crippen LogP contribution is 2.43. The van der Waals surface area contributed by atoms with Crippen LogP contribution < -0.4 is 25.0 Å². The SMILES string of the molecule is CC(C)CN(C[C@@H](O)[C@H](Cc1ccc(OCP(=O)(NC(C)C)Oc2ccccc2)cc1)NC(=O)O[C@H]1CCOC1)S(=O)(=O)c1ccc(NC(=O)OCc2ccccc2)cc1. The third kappa shape index (κ3) is 14.6. The van der Waals surface area contributed by atoms with E-state index >= 15 is 0 Å². The number of amides is 2. The number of aliphatic hydroxyl groups excluding tert-OH is 1. The van der Waals surface area contributed by atoms with Gasteiger partial charge in [0.25, 0.3) is 0 Å². The molecule has 4 aromatic carbocycles. The van der Waals surface area contributed by atoms with Gasteiger partial charge in [-0.2, -0.15) is 4.31 Å². The molecule has 0 spiro atoms. The molecule has 324 valence electrons. The zero-order valence-corrected chi connectivity index (χ0v) is 36.0. The van der Waals surface area contributed by atoms with Gasteiger partial charge in [0, 0.05) is 31.2 Å². The largest absolute Gasteiger partial charge is 0.481 e. The standard InChI is InChI=1S/C43H55N4O11PS/c1-31(2)26-47(60(52,53)39-21-17-35(18-22-39)44-42(49)55-28-34-11-7-5-8-12-34)27-41(48)40(45-43(50)57-38-23-24-54-29-38)25-33-15-19-36(20-16-33)56-30-59(51,46-32(3)4)58-37-13-9-6-10-14-37/h5-22,31-32,38,40-41,48H,23-30H2,1-4H3,(H,44,49)(H,45,50)(H,46,51)/t38-,40-,41+,59?/m0/s1. The maximum absolute atomic E-state index is 14.1. The fourth-order valence-corrected chi connectivity index (χ4v) is 9.62. The van der Waals surface area contributed by atoms with E-state index in [0.717, 1.165) is 5.56 Å². The molecule has 0 aromatic heterocycles. The Morgan fingerprint density at radius 2 is 1.52 bits per heavy atom. The Morgan fingerprint density at radius 1 is 0.850 bits per heavy atom. The van der Waals surface area contributed by atoms with Crippen molar-refractivity contribution in [3.05, 3.63) is 120 Å². The monoisotopic (exact) mass is 866 g/mol. The van der Waals surface area contributed by atoms with Crippen molar-refractivity contribution in [2.24, 2.45) is 5.92 Å². The second-order valence-electron chi connectivity index (χ2n) is 15.1. The summed E-state index contributed by atoms with van der Waals surface area (Å²) in [6.07, 6.45) is -2.93. The molecule has 1 aliphatic rings. The van der Waals surface area contributed by atoms with Gasteiger partial charge in [0.05, 0.1) is 30.3 Å². The molecule has 0 aliphatic carbocycles. The van der Waals surface area contributed by atoms with Gasteiger partial charge in [-0.25, -0.2) is 23.1 Å². The highest BCUT2D eigenvalue weighted by atomic mass is 32.2. The molecule has 17 heteroatoms. The first-order valence-electron chi connectivity index (χ1n) is 19.8. The Bertz CT molecular complexity index is 2100. The van der Waals surface area contributed by atoms with Crippen molar-refractivity contribution in [2.45, 2.75) is 76.3 Å². The molecule has 1 heterocycles. The summed E-state index contributed by atoms with van der Waals surface area (Å²) < 4.78 is 71.0. The predicted octanol–water partition coefficient (Wildman–Crippen LogP) is 7.18. The number of hydrogen-bond donors (Lipinski definition) is 4. The van der Waals surface area contributed by atoms with Gasteiger partial charge in [0.2, 0.25) is 10.0 Å². The minimum Gasteiger partial charge on any atom is -0.481 e. The van der Waals surface area contributed by atoms with Gasteiger partial charge in [0.15, 0.2) is 6.35 Å². The number of nitrogens with zero attached hydrogens (tertiary/aromatic N) is 1. The van der Waals surface area contributed by atoms with Gasteiger partial charge in [-0.3, -0.25) is 9.88 Å². The molecule has 4 N–H and O–H groups in total. The van der Waals surface area contributed by atoms with E-state index in [1.54, 1.807) is 48.5 Å². The van der Waals surface area contributed by atoms with Crippen molar-refractivity contribution >= 4 is 35.4 Å². The molecule has 1 saturated heterocycles. The number of aliphatic hydroxyl groups is 1. The number of para-hydroxylation sites is 1. The van der Waals surface area contributed by atoms with E-state index in [0.29, 0.717) is 35.8 Å². The van der Waals surface area contributed by atoms with Gasteiger partial charge in [0.1, 0.15) is 24.2 Å². The summed E-state index contributed by atoms with van der Waals surface area (Å²) in [7, 11) is -7.65. The summed E-state index contributed by atoms with van der Waals surface area (Å²) in [5.41, 5.74) is 1.83. The van der Waals surface area contributed by atoms with E-state index in [9.17, 15) is 27.7 Å². The van der Waals surface area contributed by atoms with Crippen molar-refractivity contribution < 1.29 is 51.1 Å². The molecule has 4 aromatic rings. The Hall–Kier alpha value is -4.96. The molecule has 1 unspecified atom stereocenters. The summed E-state index contributed by atoms with van der Waals surface area (Å²) in [6.45, 7) is 7.91. The first kappa shape index (κ1) is 46.1. The minimum atomic E-state index is -4.17. The number of hydrogen-bond acceptors (Lipinski definition) is 11. The number of carbonyl (C=O) groups is 2. The van der Waals surface area contributed by atoms with Crippen LogP contribution in [0.3, 0.4) is 0 Å². The second kappa shape index (κ2) is 22.0. The van der Waals surface area contributed by atoms with Crippen LogP contribution in [0.4, 0.5) is 15.3 Å². The van der Waals surface area contributed by atoms with E-state index in [4.69, 9.17) is 23.5 Å². The molecule has 0 bridgehead atoms. The lowest BCUT2D eigenvalue weighted by atomic mass is 10.0. The maximum atomic E-state index is 14.1. The Labute approximate surface area is 352 Å². The number of sulfonamides is 1. The molecule has 5 rings (SSSR count). The third-order valence-electron chi connectivity index (χ3n) is 9.07. The Morgan fingerprint density at radius 3 is 2.13 bits per heavy atom. The first-order valence-corrected chi connectivity index (χ1v) is 23.1. The summed E-state index contributed by atoms with van der Waals surface area (Å²) in [6, 6.07) is 29.3. The molecular formula is C43H55N4O11PS. The zero-order chi connectivity index (χ0) is 43.1. The summed E-state index contributed by atoms with van der Waals surface area (Å²) >= 11 is 0. The second-order valence-corrected chi connectivity index (χ2v) is 19.1. The number of anilines is 1. The van der Waals surface area contributed by atoms with Gasteiger partial charge in [-0.05, 0) is 85.8 Å². The fourth-order valence-electron chi connectivity index (χ4n) is 6.25. The van der Waals surface area contributed by atoms with Gasteiger partial charge >= 0.3 is 19.7 Å². The molecule has 60 heavy (non-hydrogen) atoms. The number of carbonyl (C=O) groups excluding carboxylic acids is 2. The molecule has 1 fully saturated rings. The van der Waals surface area contributed by atoms with Crippen molar-refractivity contribution in [1.29, 1.82) is 0 Å². The molecule has 4 atom stereocenters. The fraction of sp³-hybridized carbons (Fsp3) is 0.395. The lowest BCUT2D eigenvalue weighted by molar-refractivity contribution is 0.0644. The normalized spacial score (nSPS) is 16.2. The van der Waals surface area contributed by atoms with Crippen LogP contribution in [-0.4, -0.2) is 87.0 Å². The van der Waals surface area contributed by atoms with Crippen LogP contribution in [0.2, 0.25) is 0 Å². The van der Waals surface area contributed by atoms with Crippen LogP contribution in [0.25, 0.3) is 0 Å². The van der Waals surface area contributed by atoms with E-state index < -0.39 is 48.0 Å². The number of nitrogens with one attached hydrogen (secondary N) is 3. The number of rotatable bonds is 21. The van der Waals surface area contributed by atoms with E-state index in [2.05, 4.69) is 15.7 Å². The predicted molar refractivity (Wildman–Crippen MR) is 228 cm³/mol. The number of alkyl carbamates (subject to hydrolysis) is 1. The summed E-state index contributed by atoms with van der Waals surface area (Å²) in [4.78, 5) is 25.5. The smallest absolute Gasteiger partial charge is 0.411 e. The van der Waals surface area contributed by atoms with Crippen LogP contribution in [0.1, 0.15) is 45.2 Å². The van der Waals surface area contributed by atoms with Crippen LogP contribution >= 0.6 is 7.52 Å². The Kier molecular flexibility index (Phi) is 16.9. The topological polar surface area (TPSA) is 191 Å². The maximum Gasteiger partial charge on any atom is 0.411 e. The summed E-state index contributed by atoms with van der Waals surface area (Å²) in [5, 5.41) is 20.1. The number of benzene rings is 4. The highest BCUT2D eigenvalue weighted by Gasteiger charge is 2.33. The third-order valence-corrected chi connectivity index (χ3v) is 12.8. The highest BCUT2D eigenvalue weighted by molar-refractivity contribution is 7.89. The molecule has 0 saturated carbocycles. The molecule has 1 aliphatic heterocycles. The average Bonchev–Trinajstić information content (AvgIpc) is 3.73. The van der Waals surface area contributed by atoms with Crippen molar-refractivity contribution in [1.82, 2.24) is 14.7 Å². The zero-order valence-electron chi connectivity index (χ0n) is 34.3. The van der Waals surface area contributed by atoms with Crippen LogP contribution in [0.5, 0.6) is 11.5 Å². The van der Waals surface area contributed by atoms with E-state index in [1.807, 2.05) is 64.1 Å². The van der Waals surface area contributed by atoms with Gasteiger partial charge in [-0.1, -0.05) is 74.5 Å². The lowest BCUT2D eigenvalue weighted by Gasteiger charge is -2.31. The van der Waals surface area contributed by atoms with Crippen LogP contribution in [0.15, 0.2) is 114 Å². The van der Waals surface area contributed by atoms with Crippen LogP contribution in [-0.2, 0) is 41.8 Å². The average molecular weight is 867 g/mol. The quantitative estimate of drug-likeness (QED) is 0.0619. The van der Waals surface area contributed by atoms with Crippen molar-refractivity contribution in [3.8, 4) is 11.5 Å². The molecule has 15 nitrogen and oxygen atoms in total. The van der Waals surface area contributed by atoms with Gasteiger partial charge < -0.3 is 33.9 Å². The molecule has 2 amide bonds. The minimum absolute atomic E-state index is 0.0541. The van der Waals surface area contributed by atoms with E-state index in [-0.39, 0.29) is 55.9 Å². The Balaban J connectivity index is 1.27. The van der Waals surface area contributed by atoms with Crippen molar-refractivity contribution in [2.75, 3.05) is 38.0 Å². The summed E-state index contributed by atoms with van der Waals surface area (Å²) in [5.74, 6) is 0.724. The van der Waals surface area contributed by atoms with Gasteiger partial charge in [-0.15, -0.1) is 0 Å². The number of ether oxygens (including phenoxy) is 4. The molecular weight excluding hydrogens is 812 g/mol.